The van der Waals surface area contributed by atoms with E-state index in [9.17, 15) is 4.79 Å². The van der Waals surface area contributed by atoms with Gasteiger partial charge in [-0.3, -0.25) is 4.79 Å². The van der Waals surface area contributed by atoms with Crippen LogP contribution in [-0.2, 0) is 0 Å². The Morgan fingerprint density at radius 3 is 2.82 bits per heavy atom. The summed E-state index contributed by atoms with van der Waals surface area (Å²) in [7, 11) is 0. The predicted octanol–water partition coefficient (Wildman–Crippen LogP) is 3.33. The molecule has 0 saturated heterocycles. The van der Waals surface area contributed by atoms with Crippen LogP contribution in [0.5, 0.6) is 0 Å². The van der Waals surface area contributed by atoms with Crippen LogP contribution in [0.3, 0.4) is 0 Å². The molecular weight excluding hydrogens is 370 g/mol. The molecule has 0 aliphatic rings. The van der Waals surface area contributed by atoms with Gasteiger partial charge >= 0.3 is 0 Å². The average molecular weight is 379 g/mol. The first kappa shape index (κ1) is 14.7. The number of carbonyl (C=O) groups excluding carboxylic acids is 1. The Bertz CT molecular complexity index is 822. The molecule has 0 aliphatic heterocycles. The molecular formula is C14H9BrClN5O. The number of amides is 1. The quantitative estimate of drug-likeness (QED) is 0.759. The molecule has 110 valence electrons. The molecule has 8 heteroatoms. The number of hydrogen-bond acceptors (Lipinski definition) is 4. The Kier molecular flexibility index (Phi) is 4.17. The lowest BCUT2D eigenvalue weighted by Gasteiger charge is -2.10. The number of carbonyl (C=O) groups is 1. The fourth-order valence-electron chi connectivity index (χ4n) is 1.93. The van der Waals surface area contributed by atoms with E-state index in [1.165, 1.54) is 11.0 Å². The van der Waals surface area contributed by atoms with E-state index in [2.05, 4.69) is 36.8 Å². The second-order valence-corrected chi connectivity index (χ2v) is 5.73. The smallest absolute Gasteiger partial charge is 0.257 e. The van der Waals surface area contributed by atoms with Crippen molar-refractivity contribution < 1.29 is 4.79 Å². The third-order valence-corrected chi connectivity index (χ3v) is 3.61. The molecule has 0 saturated carbocycles. The summed E-state index contributed by atoms with van der Waals surface area (Å²) in [6.07, 6.45) is 1.43. The van der Waals surface area contributed by atoms with Crippen molar-refractivity contribution in [1.29, 1.82) is 0 Å². The van der Waals surface area contributed by atoms with E-state index >= 15 is 0 Å². The molecule has 0 bridgehead atoms. The van der Waals surface area contributed by atoms with Gasteiger partial charge in [-0.25, -0.2) is 0 Å². The topological polar surface area (TPSA) is 72.7 Å². The molecule has 0 aliphatic carbocycles. The van der Waals surface area contributed by atoms with Gasteiger partial charge in [0, 0.05) is 15.2 Å². The maximum Gasteiger partial charge on any atom is 0.257 e. The fourth-order valence-corrected chi connectivity index (χ4v) is 2.48. The van der Waals surface area contributed by atoms with Crippen molar-refractivity contribution in [2.45, 2.75) is 0 Å². The van der Waals surface area contributed by atoms with Crippen LogP contribution in [0.15, 0.2) is 53.3 Å². The van der Waals surface area contributed by atoms with Crippen molar-refractivity contribution in [2.24, 2.45) is 0 Å². The maximum absolute atomic E-state index is 12.5. The summed E-state index contributed by atoms with van der Waals surface area (Å²) in [5, 5.41) is 14.3. The number of nitrogens with zero attached hydrogens (tertiary/aromatic N) is 4. The van der Waals surface area contributed by atoms with Gasteiger partial charge in [0.1, 0.15) is 6.33 Å². The molecule has 1 heterocycles. The van der Waals surface area contributed by atoms with Gasteiger partial charge in [-0.15, -0.1) is 5.10 Å². The van der Waals surface area contributed by atoms with Crippen LogP contribution < -0.4 is 5.32 Å². The molecule has 1 aromatic heterocycles. The van der Waals surface area contributed by atoms with Crippen molar-refractivity contribution in [3.05, 3.63) is 63.9 Å². The van der Waals surface area contributed by atoms with Crippen LogP contribution in [-0.4, -0.2) is 26.1 Å². The summed E-state index contributed by atoms with van der Waals surface area (Å²) in [5.41, 5.74) is 1.62. The summed E-state index contributed by atoms with van der Waals surface area (Å²) in [5.74, 6) is -0.283. The Morgan fingerprint density at radius 1 is 1.23 bits per heavy atom. The monoisotopic (exact) mass is 377 g/mol. The normalized spacial score (nSPS) is 10.5. The van der Waals surface area contributed by atoms with E-state index in [-0.39, 0.29) is 5.91 Å². The second-order valence-electron chi connectivity index (χ2n) is 4.38. The molecule has 1 N–H and O–H groups in total. The number of aromatic nitrogens is 4. The first-order chi connectivity index (χ1) is 10.6. The van der Waals surface area contributed by atoms with Crippen LogP contribution in [0.25, 0.3) is 5.69 Å². The average Bonchev–Trinajstić information content (AvgIpc) is 3.01. The fraction of sp³-hybridized carbons (Fsp3) is 0. The largest absolute Gasteiger partial charge is 0.322 e. The van der Waals surface area contributed by atoms with E-state index in [0.717, 1.165) is 4.47 Å². The van der Waals surface area contributed by atoms with Gasteiger partial charge in [0.15, 0.2) is 0 Å². The van der Waals surface area contributed by atoms with Crippen LogP contribution in [0.4, 0.5) is 5.69 Å². The summed E-state index contributed by atoms with van der Waals surface area (Å²) in [6.45, 7) is 0. The Morgan fingerprint density at radius 2 is 2.09 bits per heavy atom. The highest BCUT2D eigenvalue weighted by Gasteiger charge is 2.15. The van der Waals surface area contributed by atoms with Crippen molar-refractivity contribution in [2.75, 3.05) is 5.32 Å². The van der Waals surface area contributed by atoms with Gasteiger partial charge in [-0.1, -0.05) is 33.6 Å². The highest BCUT2D eigenvalue weighted by molar-refractivity contribution is 9.10. The number of tetrazole rings is 1. The third-order valence-electron chi connectivity index (χ3n) is 2.88. The summed E-state index contributed by atoms with van der Waals surface area (Å²) < 4.78 is 2.21. The molecule has 0 radical (unpaired) electrons. The summed E-state index contributed by atoms with van der Waals surface area (Å²) in [6, 6.07) is 12.2. The van der Waals surface area contributed by atoms with Crippen molar-refractivity contribution in [3.63, 3.8) is 0 Å². The van der Waals surface area contributed by atoms with Crippen molar-refractivity contribution in [1.82, 2.24) is 20.2 Å². The molecule has 0 unspecified atom stereocenters. The number of nitrogens with one attached hydrogen (secondary N) is 1. The van der Waals surface area contributed by atoms with E-state index in [1.54, 1.807) is 36.4 Å². The SMILES string of the molecule is O=C(Nc1cccc(Cl)c1)c1cc(Br)ccc1-n1cnnn1. The zero-order chi connectivity index (χ0) is 15.5. The maximum atomic E-state index is 12.5. The molecule has 0 fully saturated rings. The lowest BCUT2D eigenvalue weighted by Crippen LogP contribution is -2.15. The minimum atomic E-state index is -0.283. The van der Waals surface area contributed by atoms with Crippen molar-refractivity contribution in [3.8, 4) is 5.69 Å². The highest BCUT2D eigenvalue weighted by Crippen LogP contribution is 2.22. The summed E-state index contributed by atoms with van der Waals surface area (Å²) in [4.78, 5) is 12.5. The molecule has 3 rings (SSSR count). The van der Waals surface area contributed by atoms with Crippen LogP contribution in [0.2, 0.25) is 5.02 Å². The number of rotatable bonds is 3. The van der Waals surface area contributed by atoms with Gasteiger partial charge in [-0.05, 0) is 46.8 Å². The first-order valence-corrected chi connectivity index (χ1v) is 7.40. The van der Waals surface area contributed by atoms with Gasteiger partial charge < -0.3 is 5.32 Å². The molecule has 0 spiro atoms. The Balaban J connectivity index is 1.97. The third kappa shape index (κ3) is 3.15. The predicted molar refractivity (Wildman–Crippen MR) is 86.3 cm³/mol. The second kappa shape index (κ2) is 6.25. The lowest BCUT2D eigenvalue weighted by molar-refractivity contribution is 0.102. The van der Waals surface area contributed by atoms with E-state index in [0.29, 0.717) is 22.0 Å². The molecule has 1 amide bonds. The van der Waals surface area contributed by atoms with Gasteiger partial charge in [0.25, 0.3) is 5.91 Å². The van der Waals surface area contributed by atoms with Crippen LogP contribution in [0, 0.1) is 0 Å². The van der Waals surface area contributed by atoms with Gasteiger partial charge in [0.2, 0.25) is 0 Å². The number of hydrogen-bond donors (Lipinski definition) is 1. The summed E-state index contributed by atoms with van der Waals surface area (Å²) >= 11 is 9.29. The first-order valence-electron chi connectivity index (χ1n) is 6.23. The van der Waals surface area contributed by atoms with E-state index in [1.807, 2.05) is 6.07 Å². The van der Waals surface area contributed by atoms with Crippen molar-refractivity contribution >= 4 is 39.1 Å². The van der Waals surface area contributed by atoms with Gasteiger partial charge in [0.05, 0.1) is 11.3 Å². The number of anilines is 1. The minimum Gasteiger partial charge on any atom is -0.322 e. The van der Waals surface area contributed by atoms with E-state index in [4.69, 9.17) is 11.6 Å². The molecule has 6 nitrogen and oxygen atoms in total. The molecule has 2 aromatic carbocycles. The number of halogens is 2. The van der Waals surface area contributed by atoms with Gasteiger partial charge in [-0.2, -0.15) is 4.68 Å². The Labute approximate surface area is 139 Å². The minimum absolute atomic E-state index is 0.283. The molecule has 0 atom stereocenters. The van der Waals surface area contributed by atoms with Crippen LogP contribution >= 0.6 is 27.5 Å². The standard InChI is InChI=1S/C14H9BrClN5O/c15-9-4-5-13(21-8-17-19-20-21)12(6-9)14(22)18-11-3-1-2-10(16)7-11/h1-8H,(H,18,22). The molecule has 3 aromatic rings. The number of benzene rings is 2. The van der Waals surface area contributed by atoms with E-state index < -0.39 is 0 Å². The van der Waals surface area contributed by atoms with Crippen LogP contribution in [0.1, 0.15) is 10.4 Å². The lowest BCUT2D eigenvalue weighted by atomic mass is 10.1. The highest BCUT2D eigenvalue weighted by atomic mass is 79.9. The Hall–Kier alpha value is -2.25. The molecule has 22 heavy (non-hydrogen) atoms. The zero-order valence-electron chi connectivity index (χ0n) is 11.1. The zero-order valence-corrected chi connectivity index (χ0v) is 13.4.